The summed E-state index contributed by atoms with van der Waals surface area (Å²) in [6, 6.07) is 15.4. The van der Waals surface area contributed by atoms with Gasteiger partial charge in [0.1, 0.15) is 17.7 Å². The van der Waals surface area contributed by atoms with Crippen LogP contribution in [0.1, 0.15) is 93.7 Å². The molecule has 1 saturated heterocycles. The molecule has 6 heterocycles. The Morgan fingerprint density at radius 3 is 2.40 bits per heavy atom. The minimum atomic E-state index is -1.03. The number of piperidine rings is 1. The lowest BCUT2D eigenvalue weighted by atomic mass is 9.85. The molecule has 4 aliphatic rings. The third-order valence-electron chi connectivity index (χ3n) is 12.2. The molecule has 19 nitrogen and oxygen atoms in total. The van der Waals surface area contributed by atoms with Gasteiger partial charge in [-0.2, -0.15) is 0 Å². The van der Waals surface area contributed by atoms with Crippen LogP contribution in [0, 0.1) is 5.92 Å². The van der Waals surface area contributed by atoms with Crippen LogP contribution in [0.4, 0.5) is 23.0 Å². The van der Waals surface area contributed by atoms with Crippen molar-refractivity contribution in [2.45, 2.75) is 82.7 Å². The van der Waals surface area contributed by atoms with E-state index < -0.39 is 29.7 Å². The molecule has 1 unspecified atom stereocenters. The number of pyridine rings is 4. The first-order chi connectivity index (χ1) is 32.7. The van der Waals surface area contributed by atoms with Gasteiger partial charge in [0.05, 0.1) is 60.0 Å². The lowest BCUT2D eigenvalue weighted by Gasteiger charge is -2.28. The highest BCUT2D eigenvalue weighted by molar-refractivity contribution is 6.25. The van der Waals surface area contributed by atoms with Gasteiger partial charge in [0, 0.05) is 79.4 Å². The van der Waals surface area contributed by atoms with Gasteiger partial charge in [-0.15, -0.1) is 0 Å². The van der Waals surface area contributed by atoms with E-state index >= 15 is 0 Å². The molecule has 19 heteroatoms. The van der Waals surface area contributed by atoms with Crippen LogP contribution in [-0.2, 0) is 37.1 Å². The predicted octanol–water partition coefficient (Wildman–Crippen LogP) is 4.39. The summed E-state index contributed by atoms with van der Waals surface area (Å²) in [5.41, 5.74) is 4.46. The Morgan fingerprint density at radius 2 is 1.60 bits per heavy atom. The largest absolute Gasteiger partial charge is 0.382 e. The van der Waals surface area contributed by atoms with E-state index in [0.717, 1.165) is 45.6 Å². The number of amides is 6. The second-order valence-corrected chi connectivity index (χ2v) is 17.1. The summed E-state index contributed by atoms with van der Waals surface area (Å²) < 4.78 is 11.6. The summed E-state index contributed by atoms with van der Waals surface area (Å²) in [6.07, 6.45) is 11.7. The van der Waals surface area contributed by atoms with Crippen molar-refractivity contribution in [2.24, 2.45) is 5.92 Å². The number of hydrogen-bond donors (Lipinski definition) is 6. The van der Waals surface area contributed by atoms with Gasteiger partial charge in [-0.05, 0) is 86.9 Å². The van der Waals surface area contributed by atoms with Crippen molar-refractivity contribution < 1.29 is 38.2 Å². The molecule has 0 radical (unpaired) electrons. The van der Waals surface area contributed by atoms with Gasteiger partial charge in [-0.1, -0.05) is 12.1 Å². The molecule has 0 spiro atoms. The van der Waals surface area contributed by atoms with Gasteiger partial charge < -0.3 is 36.1 Å². The van der Waals surface area contributed by atoms with Crippen LogP contribution in [0.25, 0.3) is 10.9 Å². The topological polar surface area (TPSA) is 248 Å². The second kappa shape index (κ2) is 20.4. The number of hydrogen-bond acceptors (Lipinski definition) is 15. The molecule has 2 aliphatic heterocycles. The number of anilines is 4. The quantitative estimate of drug-likeness (QED) is 0.0497. The van der Waals surface area contributed by atoms with Crippen LogP contribution >= 0.6 is 0 Å². The zero-order valence-corrected chi connectivity index (χ0v) is 36.7. The monoisotopic (exact) mass is 909 g/mol. The van der Waals surface area contributed by atoms with Crippen molar-refractivity contribution in [3.63, 3.8) is 0 Å². The summed E-state index contributed by atoms with van der Waals surface area (Å²) in [5, 5.41) is 19.2. The van der Waals surface area contributed by atoms with Crippen molar-refractivity contribution in [3.05, 3.63) is 107 Å². The summed E-state index contributed by atoms with van der Waals surface area (Å²) in [4.78, 5) is 95.6. The molecule has 0 bridgehead atoms. The van der Waals surface area contributed by atoms with E-state index in [1.54, 1.807) is 43.0 Å². The molecule has 2 saturated carbocycles. The zero-order valence-electron chi connectivity index (χ0n) is 36.7. The van der Waals surface area contributed by atoms with Crippen LogP contribution in [0.15, 0.2) is 79.4 Å². The lowest BCUT2D eigenvalue weighted by molar-refractivity contribution is -0.136. The number of nitrogens with zero attached hydrogens (tertiary/aromatic N) is 5. The molecule has 3 fully saturated rings. The van der Waals surface area contributed by atoms with Gasteiger partial charge in [0.15, 0.2) is 0 Å². The third-order valence-corrected chi connectivity index (χ3v) is 12.2. The van der Waals surface area contributed by atoms with E-state index in [-0.39, 0.29) is 54.3 Å². The van der Waals surface area contributed by atoms with Crippen molar-refractivity contribution in [3.8, 4) is 0 Å². The maximum Gasteiger partial charge on any atom is 0.264 e. The normalized spacial score (nSPS) is 19.2. The maximum atomic E-state index is 13.5. The van der Waals surface area contributed by atoms with E-state index in [1.165, 1.54) is 0 Å². The van der Waals surface area contributed by atoms with Crippen LogP contribution in [0.3, 0.4) is 0 Å². The smallest absolute Gasteiger partial charge is 0.264 e. The molecule has 1 atom stereocenters. The number of aromatic nitrogens is 4. The average Bonchev–Trinajstić information content (AvgIpc) is 4.12. The van der Waals surface area contributed by atoms with E-state index in [9.17, 15) is 28.8 Å². The molecule has 5 aromatic rings. The molecular weight excluding hydrogens is 859 g/mol. The number of imide groups is 2. The fourth-order valence-electron chi connectivity index (χ4n) is 8.50. The van der Waals surface area contributed by atoms with E-state index in [4.69, 9.17) is 9.47 Å². The number of fused-ring (bicyclic) bond motifs is 2. The predicted molar refractivity (Wildman–Crippen MR) is 245 cm³/mol. The Kier molecular flexibility index (Phi) is 13.7. The standard InChI is InChI=1S/C48H51N11O8/c60-42-15-13-39(46(63)58-42)59-47(64)34-2-1-3-37(43(34)48(59)65)50-18-20-66-26-28-4-8-33(52-23-28)27-67-21-19-51-44(61)29-5-9-32(10-6-29)55-45(62)35-25-53-41(22-38(35)54-31-11-12-31)57-40-14-7-30-24-49-17-16-36(30)56-40/h1-4,7-8,14,16-17,22-25,29,31-32,39,50H,5-6,9-13,15,18-21,26-27H2,(H,51,61)(H,55,62)(H,58,60,63)(H2,53,54,56,57)/t29-,32-,39?. The minimum Gasteiger partial charge on any atom is -0.382 e. The van der Waals surface area contributed by atoms with E-state index in [0.29, 0.717) is 87.5 Å². The molecule has 67 heavy (non-hydrogen) atoms. The highest BCUT2D eigenvalue weighted by atomic mass is 16.5. The first kappa shape index (κ1) is 44.8. The Hall–Kier alpha value is -7.38. The summed E-state index contributed by atoms with van der Waals surface area (Å²) in [7, 11) is 0. The fourth-order valence-corrected chi connectivity index (χ4v) is 8.50. The first-order valence-corrected chi connectivity index (χ1v) is 22.7. The Morgan fingerprint density at radius 1 is 0.776 bits per heavy atom. The van der Waals surface area contributed by atoms with Crippen LogP contribution in [-0.4, -0.2) is 105 Å². The van der Waals surface area contributed by atoms with E-state index in [1.807, 2.05) is 36.4 Å². The summed E-state index contributed by atoms with van der Waals surface area (Å²) in [5.74, 6) is -1.34. The Bertz CT molecular complexity index is 2690. The Balaban J connectivity index is 0.648. The number of carbonyl (C=O) groups is 6. The molecule has 6 N–H and O–H groups in total. The average molecular weight is 910 g/mol. The molecular formula is C48H51N11O8. The molecule has 6 amide bonds. The molecule has 1 aromatic carbocycles. The van der Waals surface area contributed by atoms with Gasteiger partial charge in [0.25, 0.3) is 17.7 Å². The number of carbonyl (C=O) groups excluding carboxylic acids is 6. The first-order valence-electron chi connectivity index (χ1n) is 22.7. The van der Waals surface area contributed by atoms with Crippen molar-refractivity contribution in [1.29, 1.82) is 0 Å². The number of rotatable bonds is 19. The van der Waals surface area contributed by atoms with Crippen molar-refractivity contribution >= 4 is 69.4 Å². The minimum absolute atomic E-state index is 0.0143. The van der Waals surface area contributed by atoms with Crippen LogP contribution < -0.4 is 31.9 Å². The highest BCUT2D eigenvalue weighted by Gasteiger charge is 2.45. The molecule has 346 valence electrons. The number of ether oxygens (including phenoxy) is 2. The third kappa shape index (κ3) is 10.8. The highest BCUT2D eigenvalue weighted by Crippen LogP contribution is 2.33. The second-order valence-electron chi connectivity index (χ2n) is 17.1. The van der Waals surface area contributed by atoms with Gasteiger partial charge in [0.2, 0.25) is 17.7 Å². The number of benzene rings is 1. The number of nitrogens with one attached hydrogen (secondary N) is 6. The van der Waals surface area contributed by atoms with Crippen molar-refractivity contribution in [1.82, 2.24) is 40.8 Å². The lowest BCUT2D eigenvalue weighted by Crippen LogP contribution is -2.54. The van der Waals surface area contributed by atoms with Gasteiger partial charge in [-0.3, -0.25) is 49.0 Å². The Labute approximate surface area is 385 Å². The van der Waals surface area contributed by atoms with Gasteiger partial charge >= 0.3 is 0 Å². The molecule has 2 aliphatic carbocycles. The fraction of sp³-hybridized carbons (Fsp3) is 0.375. The van der Waals surface area contributed by atoms with Gasteiger partial charge in [-0.25, -0.2) is 9.97 Å². The molecule has 9 rings (SSSR count). The maximum absolute atomic E-state index is 13.5. The van der Waals surface area contributed by atoms with Crippen molar-refractivity contribution in [2.75, 3.05) is 42.3 Å². The summed E-state index contributed by atoms with van der Waals surface area (Å²) in [6.45, 7) is 1.92. The van der Waals surface area contributed by atoms with Crippen LogP contribution in [0.5, 0.6) is 0 Å². The molecule has 4 aromatic heterocycles. The SMILES string of the molecule is O=C1CCC(N2C(=O)c3cccc(NCCOCc4ccc(COCCNC(=O)[C@H]5CC[C@H](NC(=O)c6cnc(Nc7ccc8cnccc8n7)cc6NC6CC6)CC5)nc4)c3C2=O)C(=O)N1. The van der Waals surface area contributed by atoms with Crippen LogP contribution in [0.2, 0.25) is 0 Å². The zero-order chi connectivity index (χ0) is 46.3. The van der Waals surface area contributed by atoms with E-state index in [2.05, 4.69) is 51.8 Å². The summed E-state index contributed by atoms with van der Waals surface area (Å²) >= 11 is 0.